The maximum atomic E-state index is 5.60. The molecule has 0 aromatic carbocycles. The second-order valence-electron chi connectivity index (χ2n) is 4.59. The Morgan fingerprint density at radius 1 is 1.27 bits per heavy atom. The highest BCUT2D eigenvalue weighted by molar-refractivity contribution is 7.98. The SMILES string of the molecule is CSCCC(C)N(C)CCCC(C)CN. The Hall–Kier alpha value is 0.270. The Labute approximate surface area is 100.0 Å². The van der Waals surface area contributed by atoms with Crippen molar-refractivity contribution in [1.29, 1.82) is 0 Å². The smallest absolute Gasteiger partial charge is 0.00717 e. The van der Waals surface area contributed by atoms with Gasteiger partial charge in [0.1, 0.15) is 0 Å². The highest BCUT2D eigenvalue weighted by Crippen LogP contribution is 2.09. The van der Waals surface area contributed by atoms with Crippen LogP contribution >= 0.6 is 11.8 Å². The number of rotatable bonds is 9. The molecule has 0 saturated carbocycles. The monoisotopic (exact) mass is 232 g/mol. The van der Waals surface area contributed by atoms with Gasteiger partial charge in [0, 0.05) is 6.04 Å². The molecule has 2 unspecified atom stereocenters. The van der Waals surface area contributed by atoms with Crippen LogP contribution in [0.4, 0.5) is 0 Å². The lowest BCUT2D eigenvalue weighted by molar-refractivity contribution is 0.243. The molecule has 0 aliphatic carbocycles. The quantitative estimate of drug-likeness (QED) is 0.662. The highest BCUT2D eigenvalue weighted by Gasteiger charge is 2.08. The fourth-order valence-corrected chi connectivity index (χ4v) is 2.11. The molecule has 0 fully saturated rings. The molecule has 0 heterocycles. The summed E-state index contributed by atoms with van der Waals surface area (Å²) in [5, 5.41) is 0. The maximum Gasteiger partial charge on any atom is 0.00717 e. The third kappa shape index (κ3) is 8.12. The lowest BCUT2D eigenvalue weighted by atomic mass is 10.1. The minimum absolute atomic E-state index is 0.680. The second-order valence-corrected chi connectivity index (χ2v) is 5.58. The minimum Gasteiger partial charge on any atom is -0.330 e. The predicted molar refractivity (Wildman–Crippen MR) is 72.5 cm³/mol. The van der Waals surface area contributed by atoms with E-state index in [9.17, 15) is 0 Å². The summed E-state index contributed by atoms with van der Waals surface area (Å²) >= 11 is 1.94. The molecule has 0 amide bonds. The summed E-state index contributed by atoms with van der Waals surface area (Å²) in [4.78, 5) is 2.47. The first kappa shape index (κ1) is 15.3. The zero-order valence-electron chi connectivity index (χ0n) is 10.8. The number of hydrogen-bond acceptors (Lipinski definition) is 3. The van der Waals surface area contributed by atoms with Crippen molar-refractivity contribution in [2.45, 2.75) is 39.2 Å². The van der Waals surface area contributed by atoms with Crippen LogP contribution in [-0.4, -0.2) is 43.1 Å². The molecule has 0 saturated heterocycles. The van der Waals surface area contributed by atoms with Gasteiger partial charge >= 0.3 is 0 Å². The van der Waals surface area contributed by atoms with Gasteiger partial charge < -0.3 is 10.6 Å². The van der Waals surface area contributed by atoms with Crippen molar-refractivity contribution in [2.24, 2.45) is 11.7 Å². The minimum atomic E-state index is 0.680. The first-order valence-electron chi connectivity index (χ1n) is 6.01. The van der Waals surface area contributed by atoms with E-state index in [1.165, 1.54) is 31.6 Å². The molecule has 15 heavy (non-hydrogen) atoms. The molecular formula is C12H28N2S. The van der Waals surface area contributed by atoms with E-state index in [-0.39, 0.29) is 0 Å². The number of nitrogens with two attached hydrogens (primary N) is 1. The summed E-state index contributed by atoms with van der Waals surface area (Å²) < 4.78 is 0. The third-order valence-electron chi connectivity index (χ3n) is 3.10. The first-order valence-corrected chi connectivity index (χ1v) is 7.40. The molecule has 2 atom stereocenters. The summed E-state index contributed by atoms with van der Waals surface area (Å²) in [6.45, 7) is 6.59. The van der Waals surface area contributed by atoms with Crippen LogP contribution < -0.4 is 5.73 Å². The van der Waals surface area contributed by atoms with Gasteiger partial charge in [0.05, 0.1) is 0 Å². The molecule has 2 nitrogen and oxygen atoms in total. The largest absolute Gasteiger partial charge is 0.330 e. The average molecular weight is 232 g/mol. The summed E-state index contributed by atoms with van der Waals surface area (Å²) in [5.74, 6) is 1.95. The van der Waals surface area contributed by atoms with Gasteiger partial charge in [-0.1, -0.05) is 6.92 Å². The standard InChI is InChI=1S/C12H28N2S/c1-11(10-13)6-5-8-14(3)12(2)7-9-15-4/h11-12H,5-10,13H2,1-4H3. The van der Waals surface area contributed by atoms with Gasteiger partial charge in [-0.3, -0.25) is 0 Å². The predicted octanol–water partition coefficient (Wildman–Crippen LogP) is 2.43. The van der Waals surface area contributed by atoms with E-state index in [4.69, 9.17) is 5.73 Å². The molecule has 0 aliphatic heterocycles. The Morgan fingerprint density at radius 3 is 2.47 bits per heavy atom. The molecular weight excluding hydrogens is 204 g/mol. The normalized spacial score (nSPS) is 15.6. The first-order chi connectivity index (χ1) is 7.11. The molecule has 0 aromatic heterocycles. The second kappa shape index (κ2) is 9.49. The van der Waals surface area contributed by atoms with Gasteiger partial charge in [-0.2, -0.15) is 11.8 Å². The number of nitrogens with zero attached hydrogens (tertiary/aromatic N) is 1. The molecule has 3 heteroatoms. The van der Waals surface area contributed by atoms with E-state index in [1.807, 2.05) is 11.8 Å². The van der Waals surface area contributed by atoms with Crippen LogP contribution in [-0.2, 0) is 0 Å². The average Bonchev–Trinajstić information content (AvgIpc) is 2.25. The Balaban J connectivity index is 3.50. The Kier molecular flexibility index (Phi) is 9.66. The molecule has 0 bridgehead atoms. The Morgan fingerprint density at radius 2 is 1.93 bits per heavy atom. The van der Waals surface area contributed by atoms with Crippen LogP contribution in [0.5, 0.6) is 0 Å². The van der Waals surface area contributed by atoms with E-state index in [0.717, 1.165) is 6.54 Å². The summed E-state index contributed by atoms with van der Waals surface area (Å²) in [5.41, 5.74) is 5.60. The molecule has 2 N–H and O–H groups in total. The highest BCUT2D eigenvalue weighted by atomic mass is 32.2. The van der Waals surface area contributed by atoms with Crippen LogP contribution in [0.3, 0.4) is 0 Å². The summed E-state index contributed by atoms with van der Waals surface area (Å²) in [6, 6.07) is 0.714. The van der Waals surface area contributed by atoms with Gasteiger partial charge in [0.15, 0.2) is 0 Å². The summed E-state index contributed by atoms with van der Waals surface area (Å²) in [6.07, 6.45) is 6.01. The van der Waals surface area contributed by atoms with Gasteiger partial charge in [-0.05, 0) is 64.2 Å². The van der Waals surface area contributed by atoms with Crippen LogP contribution in [0.2, 0.25) is 0 Å². The molecule has 92 valence electrons. The zero-order chi connectivity index (χ0) is 11.7. The molecule has 0 aliphatic rings. The van der Waals surface area contributed by atoms with E-state index >= 15 is 0 Å². The topological polar surface area (TPSA) is 29.3 Å². The van der Waals surface area contributed by atoms with Crippen molar-refractivity contribution in [3.05, 3.63) is 0 Å². The Bertz CT molecular complexity index is 142. The van der Waals surface area contributed by atoms with E-state index in [2.05, 4.69) is 32.1 Å². The fourth-order valence-electron chi connectivity index (χ4n) is 1.54. The van der Waals surface area contributed by atoms with Gasteiger partial charge in [-0.15, -0.1) is 0 Å². The third-order valence-corrected chi connectivity index (χ3v) is 3.75. The van der Waals surface area contributed by atoms with Crippen LogP contribution in [0.25, 0.3) is 0 Å². The van der Waals surface area contributed by atoms with E-state index in [0.29, 0.717) is 12.0 Å². The van der Waals surface area contributed by atoms with Crippen molar-refractivity contribution in [1.82, 2.24) is 4.90 Å². The molecule has 0 rings (SSSR count). The van der Waals surface area contributed by atoms with E-state index < -0.39 is 0 Å². The maximum absolute atomic E-state index is 5.60. The lowest BCUT2D eigenvalue weighted by Crippen LogP contribution is -2.30. The molecule has 0 spiro atoms. The van der Waals surface area contributed by atoms with Crippen molar-refractivity contribution in [3.63, 3.8) is 0 Å². The van der Waals surface area contributed by atoms with Crippen molar-refractivity contribution in [3.8, 4) is 0 Å². The van der Waals surface area contributed by atoms with Gasteiger partial charge in [0.2, 0.25) is 0 Å². The zero-order valence-corrected chi connectivity index (χ0v) is 11.6. The van der Waals surface area contributed by atoms with E-state index in [1.54, 1.807) is 0 Å². The van der Waals surface area contributed by atoms with Gasteiger partial charge in [0.25, 0.3) is 0 Å². The molecule has 0 aromatic rings. The van der Waals surface area contributed by atoms with Crippen LogP contribution in [0.15, 0.2) is 0 Å². The lowest BCUT2D eigenvalue weighted by Gasteiger charge is -2.24. The van der Waals surface area contributed by atoms with Crippen molar-refractivity contribution < 1.29 is 0 Å². The number of thioether (sulfide) groups is 1. The van der Waals surface area contributed by atoms with Gasteiger partial charge in [-0.25, -0.2) is 0 Å². The van der Waals surface area contributed by atoms with Crippen LogP contribution in [0.1, 0.15) is 33.1 Å². The van der Waals surface area contributed by atoms with Crippen molar-refractivity contribution in [2.75, 3.05) is 32.1 Å². The molecule has 0 radical (unpaired) electrons. The summed E-state index contributed by atoms with van der Waals surface area (Å²) in [7, 11) is 2.23. The van der Waals surface area contributed by atoms with Crippen molar-refractivity contribution >= 4 is 11.8 Å². The fraction of sp³-hybridized carbons (Fsp3) is 1.00. The number of hydrogen-bond donors (Lipinski definition) is 1. The van der Waals surface area contributed by atoms with Crippen LogP contribution in [0, 0.1) is 5.92 Å².